The lowest BCUT2D eigenvalue weighted by atomic mass is 10.0. The van der Waals surface area contributed by atoms with Crippen LogP contribution in [0.4, 0.5) is 5.95 Å². The number of benzene rings is 2. The van der Waals surface area contributed by atoms with Gasteiger partial charge in [0.1, 0.15) is 18.3 Å². The summed E-state index contributed by atoms with van der Waals surface area (Å²) in [6.45, 7) is 0.730. The van der Waals surface area contributed by atoms with E-state index in [0.29, 0.717) is 28.9 Å². The van der Waals surface area contributed by atoms with Crippen molar-refractivity contribution < 1.29 is 14.6 Å². The standard InChI is InChI=1S/C24H21ClN4O3/c25-16-10-17-23(29-24(26-17)27-18-11-31-22-19(30)12-32-21(18)22)28-20(16)15-8-6-14(7-9-15)13-4-2-1-3-5-13/h1-10,18-19,21-22,30H,11-12H2,(H2,26,27,28,29). The van der Waals surface area contributed by atoms with Crippen LogP contribution in [0.1, 0.15) is 0 Å². The van der Waals surface area contributed by atoms with E-state index in [1.807, 2.05) is 36.4 Å². The third kappa shape index (κ3) is 3.43. The zero-order valence-electron chi connectivity index (χ0n) is 17.0. The summed E-state index contributed by atoms with van der Waals surface area (Å²) in [5.74, 6) is 0.569. The third-order valence-electron chi connectivity index (χ3n) is 6.04. The Hall–Kier alpha value is -2.97. The van der Waals surface area contributed by atoms with Crippen molar-refractivity contribution in [1.29, 1.82) is 0 Å². The van der Waals surface area contributed by atoms with Gasteiger partial charge in [-0.1, -0.05) is 66.2 Å². The summed E-state index contributed by atoms with van der Waals surface area (Å²) in [5, 5.41) is 13.8. The van der Waals surface area contributed by atoms with E-state index in [1.54, 1.807) is 0 Å². The van der Waals surface area contributed by atoms with Crippen molar-refractivity contribution in [2.75, 3.05) is 18.5 Å². The number of aliphatic hydroxyl groups excluding tert-OH is 1. The minimum absolute atomic E-state index is 0.0989. The topological polar surface area (TPSA) is 92.3 Å². The van der Waals surface area contributed by atoms with Crippen LogP contribution >= 0.6 is 11.6 Å². The number of rotatable bonds is 4. The Kier molecular flexibility index (Phi) is 4.84. The lowest BCUT2D eigenvalue weighted by Crippen LogP contribution is -2.36. The Balaban J connectivity index is 1.26. The summed E-state index contributed by atoms with van der Waals surface area (Å²) in [4.78, 5) is 12.5. The largest absolute Gasteiger partial charge is 0.388 e. The van der Waals surface area contributed by atoms with Gasteiger partial charge in [-0.3, -0.25) is 0 Å². The Morgan fingerprint density at radius 3 is 2.44 bits per heavy atom. The van der Waals surface area contributed by atoms with Crippen molar-refractivity contribution in [3.63, 3.8) is 0 Å². The highest BCUT2D eigenvalue weighted by atomic mass is 35.5. The highest BCUT2D eigenvalue weighted by Crippen LogP contribution is 2.32. The van der Waals surface area contributed by atoms with E-state index < -0.39 is 6.10 Å². The van der Waals surface area contributed by atoms with E-state index in [-0.39, 0.29) is 24.9 Å². The molecular weight excluding hydrogens is 428 g/mol. The molecule has 6 rings (SSSR count). The van der Waals surface area contributed by atoms with Gasteiger partial charge in [0.15, 0.2) is 5.65 Å². The van der Waals surface area contributed by atoms with Crippen LogP contribution in [-0.4, -0.2) is 57.6 Å². The summed E-state index contributed by atoms with van der Waals surface area (Å²) in [7, 11) is 0. The second-order valence-corrected chi connectivity index (χ2v) is 8.54. The number of aromatic nitrogens is 3. The van der Waals surface area contributed by atoms with Gasteiger partial charge < -0.3 is 24.9 Å². The zero-order chi connectivity index (χ0) is 21.7. The van der Waals surface area contributed by atoms with Crippen LogP contribution in [0, 0.1) is 0 Å². The molecule has 0 aliphatic carbocycles. The molecule has 2 aromatic carbocycles. The van der Waals surface area contributed by atoms with Crippen molar-refractivity contribution >= 4 is 28.7 Å². The normalized spacial score (nSPS) is 24.7. The second-order valence-electron chi connectivity index (χ2n) is 8.13. The number of halogens is 1. The molecule has 4 atom stereocenters. The molecule has 7 nitrogen and oxygen atoms in total. The van der Waals surface area contributed by atoms with Gasteiger partial charge in [0.05, 0.1) is 35.5 Å². The minimum atomic E-state index is -0.584. The predicted molar refractivity (Wildman–Crippen MR) is 123 cm³/mol. The highest BCUT2D eigenvalue weighted by molar-refractivity contribution is 6.33. The number of H-pyrrole nitrogens is 1. The number of aromatic amines is 1. The molecule has 2 aliphatic heterocycles. The van der Waals surface area contributed by atoms with Crippen LogP contribution in [-0.2, 0) is 9.47 Å². The Morgan fingerprint density at radius 1 is 0.906 bits per heavy atom. The number of ether oxygens (including phenoxy) is 2. The number of aliphatic hydroxyl groups is 1. The first-order valence-electron chi connectivity index (χ1n) is 10.6. The first kappa shape index (κ1) is 19.7. The van der Waals surface area contributed by atoms with Gasteiger partial charge >= 0.3 is 0 Å². The average Bonchev–Trinajstić information content (AvgIpc) is 3.51. The van der Waals surface area contributed by atoms with Crippen molar-refractivity contribution in [3.8, 4) is 22.4 Å². The van der Waals surface area contributed by atoms with E-state index in [1.165, 1.54) is 0 Å². The fourth-order valence-electron chi connectivity index (χ4n) is 4.42. The molecule has 4 aromatic rings. The van der Waals surface area contributed by atoms with Crippen molar-refractivity contribution in [3.05, 3.63) is 65.7 Å². The Bertz CT molecular complexity index is 1260. The summed E-state index contributed by atoms with van der Waals surface area (Å²) in [5.41, 5.74) is 5.22. The second kappa shape index (κ2) is 7.86. The molecule has 0 radical (unpaired) electrons. The van der Waals surface area contributed by atoms with Crippen LogP contribution in [0.5, 0.6) is 0 Å². The maximum absolute atomic E-state index is 9.92. The van der Waals surface area contributed by atoms with Gasteiger partial charge in [0.2, 0.25) is 5.95 Å². The van der Waals surface area contributed by atoms with Crippen molar-refractivity contribution in [2.45, 2.75) is 24.4 Å². The molecule has 4 unspecified atom stereocenters. The summed E-state index contributed by atoms with van der Waals surface area (Å²) >= 11 is 6.56. The zero-order valence-corrected chi connectivity index (χ0v) is 17.8. The monoisotopic (exact) mass is 448 g/mol. The molecule has 162 valence electrons. The molecule has 0 spiro atoms. The van der Waals surface area contributed by atoms with E-state index in [2.05, 4.69) is 39.6 Å². The quantitative estimate of drug-likeness (QED) is 0.438. The molecule has 32 heavy (non-hydrogen) atoms. The number of hydrogen-bond donors (Lipinski definition) is 3. The predicted octanol–water partition coefficient (Wildman–Crippen LogP) is 3.88. The summed E-state index contributed by atoms with van der Waals surface area (Å²) < 4.78 is 11.3. The van der Waals surface area contributed by atoms with Crippen LogP contribution in [0.3, 0.4) is 0 Å². The number of pyridine rings is 1. The Morgan fingerprint density at radius 2 is 1.62 bits per heavy atom. The van der Waals surface area contributed by atoms with Crippen LogP contribution in [0.15, 0.2) is 60.7 Å². The molecule has 2 aromatic heterocycles. The van der Waals surface area contributed by atoms with Gasteiger partial charge in [-0.2, -0.15) is 4.98 Å². The summed E-state index contributed by atoms with van der Waals surface area (Å²) in [6, 6.07) is 20.1. The highest BCUT2D eigenvalue weighted by Gasteiger charge is 2.47. The van der Waals surface area contributed by atoms with Gasteiger partial charge in [-0.25, -0.2) is 4.98 Å². The number of nitrogens with one attached hydrogen (secondary N) is 2. The lowest BCUT2D eigenvalue weighted by Gasteiger charge is -2.16. The van der Waals surface area contributed by atoms with E-state index in [0.717, 1.165) is 22.2 Å². The van der Waals surface area contributed by atoms with E-state index >= 15 is 0 Å². The third-order valence-corrected chi connectivity index (χ3v) is 6.33. The maximum atomic E-state index is 9.92. The van der Waals surface area contributed by atoms with Gasteiger partial charge in [0, 0.05) is 5.56 Å². The Labute approximate surface area is 189 Å². The molecule has 2 aliphatic rings. The number of hydrogen-bond acceptors (Lipinski definition) is 6. The first-order valence-corrected chi connectivity index (χ1v) is 10.9. The number of fused-ring (bicyclic) bond motifs is 2. The SMILES string of the molecule is OC1COC2C(Nc3nc4nc(-c5ccc(-c6ccccc6)cc5)c(Cl)cc4[nH]3)COC12. The molecule has 0 saturated carbocycles. The van der Waals surface area contributed by atoms with Crippen LogP contribution in [0.2, 0.25) is 5.02 Å². The molecule has 2 fully saturated rings. The number of imidazole rings is 1. The minimum Gasteiger partial charge on any atom is -0.388 e. The fourth-order valence-corrected chi connectivity index (χ4v) is 4.68. The molecule has 4 heterocycles. The number of nitrogens with zero attached hydrogens (tertiary/aromatic N) is 2. The van der Waals surface area contributed by atoms with E-state index in [4.69, 9.17) is 26.1 Å². The molecular formula is C24H21ClN4O3. The molecule has 3 N–H and O–H groups in total. The molecule has 0 amide bonds. The fraction of sp³-hybridized carbons (Fsp3) is 0.250. The number of anilines is 1. The lowest BCUT2D eigenvalue weighted by molar-refractivity contribution is 0.0184. The van der Waals surface area contributed by atoms with Gasteiger partial charge in [-0.05, 0) is 17.2 Å². The molecule has 0 bridgehead atoms. The maximum Gasteiger partial charge on any atom is 0.203 e. The smallest absolute Gasteiger partial charge is 0.203 e. The first-order chi connectivity index (χ1) is 15.7. The summed E-state index contributed by atoms with van der Waals surface area (Å²) in [6.07, 6.45) is -1.08. The van der Waals surface area contributed by atoms with Crippen molar-refractivity contribution in [1.82, 2.24) is 15.0 Å². The van der Waals surface area contributed by atoms with Crippen molar-refractivity contribution in [2.24, 2.45) is 0 Å². The molecule has 2 saturated heterocycles. The van der Waals surface area contributed by atoms with Crippen LogP contribution in [0.25, 0.3) is 33.5 Å². The van der Waals surface area contributed by atoms with E-state index in [9.17, 15) is 5.11 Å². The van der Waals surface area contributed by atoms with Gasteiger partial charge in [-0.15, -0.1) is 0 Å². The van der Waals surface area contributed by atoms with Crippen LogP contribution < -0.4 is 5.32 Å². The molecule has 8 heteroatoms. The van der Waals surface area contributed by atoms with Gasteiger partial charge in [0.25, 0.3) is 0 Å². The average molecular weight is 449 g/mol.